The molecule has 0 unspecified atom stereocenters. The van der Waals surface area contributed by atoms with E-state index in [9.17, 15) is 9.90 Å². The van der Waals surface area contributed by atoms with Gasteiger partial charge >= 0.3 is 5.97 Å². The fourth-order valence-corrected chi connectivity index (χ4v) is 4.92. The molecular formula is C32H31N3O4. The molecule has 7 nitrogen and oxygen atoms in total. The molecule has 6 rings (SSSR count). The number of rotatable bonds is 4. The molecule has 0 fully saturated rings. The van der Waals surface area contributed by atoms with Crippen LogP contribution in [-0.2, 0) is 17.6 Å². The summed E-state index contributed by atoms with van der Waals surface area (Å²) in [5, 5.41) is 20.1. The molecule has 0 bridgehead atoms. The number of fused-ring (bicyclic) bond motifs is 1. The molecule has 0 radical (unpaired) electrons. The standard InChI is InChI=1S/C28H21N3O3.C4H10O/c1-16-14-23-19(2-4-22(31-23)17-6-10-29-11-7-17)27(21(16)15-25(32)33)20-3-5-24-26-18(9-13-34-24)8-12-30-28(20)26;1-4(2,3)5/h2-8,10-12,14H,9,13,15H2,1H3,(H,32,33);5H,1-3H3. The van der Waals surface area contributed by atoms with Crippen LogP contribution < -0.4 is 4.74 Å². The van der Waals surface area contributed by atoms with Crippen LogP contribution in [0.5, 0.6) is 5.75 Å². The van der Waals surface area contributed by atoms with Crippen LogP contribution in [0, 0.1) is 6.92 Å². The highest BCUT2D eigenvalue weighted by Crippen LogP contribution is 2.42. The fraction of sp³-hybridized carbons (Fsp3) is 0.250. The summed E-state index contributed by atoms with van der Waals surface area (Å²) >= 11 is 0. The van der Waals surface area contributed by atoms with E-state index < -0.39 is 11.6 Å². The van der Waals surface area contributed by atoms with Gasteiger partial charge in [-0.05, 0) is 92.4 Å². The van der Waals surface area contributed by atoms with E-state index in [4.69, 9.17) is 19.8 Å². The zero-order valence-electron chi connectivity index (χ0n) is 22.5. The summed E-state index contributed by atoms with van der Waals surface area (Å²) in [6.45, 7) is 7.82. The lowest BCUT2D eigenvalue weighted by Gasteiger charge is -2.21. The minimum Gasteiger partial charge on any atom is -0.493 e. The van der Waals surface area contributed by atoms with Gasteiger partial charge in [0.25, 0.3) is 0 Å². The molecule has 3 aromatic heterocycles. The first-order chi connectivity index (χ1) is 18.6. The summed E-state index contributed by atoms with van der Waals surface area (Å²) in [5.74, 6) is -0.0490. The van der Waals surface area contributed by atoms with Crippen LogP contribution in [0.25, 0.3) is 44.2 Å². The van der Waals surface area contributed by atoms with Crippen molar-refractivity contribution in [1.82, 2.24) is 15.0 Å². The van der Waals surface area contributed by atoms with Crippen LogP contribution in [0.3, 0.4) is 0 Å². The zero-order chi connectivity index (χ0) is 27.7. The lowest BCUT2D eigenvalue weighted by atomic mass is 9.87. The number of aliphatic hydroxyl groups is 1. The number of carboxylic acids is 1. The van der Waals surface area contributed by atoms with E-state index in [0.717, 1.165) is 67.5 Å². The second kappa shape index (κ2) is 10.4. The molecule has 0 saturated heterocycles. The molecule has 0 amide bonds. The molecule has 2 N–H and O–H groups in total. The average Bonchev–Trinajstić information content (AvgIpc) is 2.89. The summed E-state index contributed by atoms with van der Waals surface area (Å²) in [7, 11) is 0. The number of hydrogen-bond donors (Lipinski definition) is 2. The van der Waals surface area contributed by atoms with E-state index >= 15 is 0 Å². The van der Waals surface area contributed by atoms with Gasteiger partial charge < -0.3 is 14.9 Å². The predicted molar refractivity (Wildman–Crippen MR) is 153 cm³/mol. The second-order valence-electron chi connectivity index (χ2n) is 10.7. The Hall–Kier alpha value is -4.36. The van der Waals surface area contributed by atoms with E-state index in [1.807, 2.05) is 61.7 Å². The third-order valence-corrected chi connectivity index (χ3v) is 6.47. The fourth-order valence-electron chi connectivity index (χ4n) is 4.92. The lowest BCUT2D eigenvalue weighted by molar-refractivity contribution is -0.136. The Morgan fingerprint density at radius 3 is 2.49 bits per heavy atom. The summed E-state index contributed by atoms with van der Waals surface area (Å²) < 4.78 is 5.91. The number of benzene rings is 2. The third-order valence-electron chi connectivity index (χ3n) is 6.47. The van der Waals surface area contributed by atoms with Crippen molar-refractivity contribution in [3.63, 3.8) is 0 Å². The monoisotopic (exact) mass is 521 g/mol. The Morgan fingerprint density at radius 2 is 1.77 bits per heavy atom. The van der Waals surface area contributed by atoms with Crippen molar-refractivity contribution < 1.29 is 19.7 Å². The van der Waals surface area contributed by atoms with Gasteiger partial charge in [0.15, 0.2) is 0 Å². The van der Waals surface area contributed by atoms with Gasteiger partial charge in [0.05, 0.1) is 35.4 Å². The van der Waals surface area contributed by atoms with Crippen LogP contribution in [0.1, 0.15) is 37.5 Å². The highest BCUT2D eigenvalue weighted by Gasteiger charge is 2.22. The molecule has 0 saturated carbocycles. The van der Waals surface area contributed by atoms with Crippen molar-refractivity contribution in [2.24, 2.45) is 0 Å². The van der Waals surface area contributed by atoms with Crippen molar-refractivity contribution in [3.05, 3.63) is 83.8 Å². The molecule has 0 aliphatic carbocycles. The van der Waals surface area contributed by atoms with Gasteiger partial charge in [-0.25, -0.2) is 4.98 Å². The quantitative estimate of drug-likeness (QED) is 0.292. The van der Waals surface area contributed by atoms with Crippen LogP contribution in [0.4, 0.5) is 0 Å². The number of ether oxygens (including phenoxy) is 1. The summed E-state index contributed by atoms with van der Waals surface area (Å²) in [5.41, 5.74) is 7.59. The van der Waals surface area contributed by atoms with Crippen molar-refractivity contribution >= 4 is 27.8 Å². The molecule has 39 heavy (non-hydrogen) atoms. The Kier molecular flexibility index (Phi) is 7.02. The topological polar surface area (TPSA) is 105 Å². The molecule has 2 aromatic carbocycles. The van der Waals surface area contributed by atoms with E-state index in [1.54, 1.807) is 33.2 Å². The van der Waals surface area contributed by atoms with Gasteiger partial charge in [0, 0.05) is 46.9 Å². The zero-order valence-corrected chi connectivity index (χ0v) is 22.5. The van der Waals surface area contributed by atoms with Gasteiger partial charge in [0.1, 0.15) is 5.75 Å². The van der Waals surface area contributed by atoms with Crippen molar-refractivity contribution in [1.29, 1.82) is 0 Å². The maximum Gasteiger partial charge on any atom is 0.307 e. The van der Waals surface area contributed by atoms with Crippen molar-refractivity contribution in [2.45, 2.75) is 46.1 Å². The van der Waals surface area contributed by atoms with E-state index in [2.05, 4.69) is 4.98 Å². The number of aromatic nitrogens is 3. The highest BCUT2D eigenvalue weighted by molar-refractivity contribution is 6.08. The molecule has 0 spiro atoms. The molecule has 1 aliphatic rings. The Bertz CT molecular complexity index is 1680. The molecule has 7 heteroatoms. The largest absolute Gasteiger partial charge is 0.493 e. The number of pyridine rings is 3. The normalized spacial score (nSPS) is 12.5. The maximum absolute atomic E-state index is 11.8. The second-order valence-corrected chi connectivity index (χ2v) is 10.7. The highest BCUT2D eigenvalue weighted by atomic mass is 16.5. The van der Waals surface area contributed by atoms with Gasteiger partial charge in [-0.3, -0.25) is 14.8 Å². The molecule has 0 atom stereocenters. The van der Waals surface area contributed by atoms with Gasteiger partial charge in [-0.15, -0.1) is 0 Å². The minimum atomic E-state index is -0.871. The van der Waals surface area contributed by atoms with Crippen molar-refractivity contribution in [3.8, 4) is 28.1 Å². The van der Waals surface area contributed by atoms with Crippen LogP contribution >= 0.6 is 0 Å². The van der Waals surface area contributed by atoms with Gasteiger partial charge in [-0.1, -0.05) is 6.07 Å². The number of aliphatic carboxylic acids is 1. The minimum absolute atomic E-state index is 0.0807. The Balaban J connectivity index is 0.000000567. The lowest BCUT2D eigenvalue weighted by Crippen LogP contribution is -2.10. The Labute approximate surface area is 227 Å². The molecule has 4 heterocycles. The van der Waals surface area contributed by atoms with E-state index in [-0.39, 0.29) is 6.42 Å². The first-order valence-corrected chi connectivity index (χ1v) is 12.9. The summed E-state index contributed by atoms with van der Waals surface area (Å²) in [6, 6.07) is 15.8. The van der Waals surface area contributed by atoms with Crippen LogP contribution in [-0.4, -0.2) is 43.3 Å². The summed E-state index contributed by atoms with van der Waals surface area (Å²) in [4.78, 5) is 25.6. The number of carbonyl (C=O) groups is 1. The Morgan fingerprint density at radius 1 is 1.03 bits per heavy atom. The smallest absolute Gasteiger partial charge is 0.307 e. The van der Waals surface area contributed by atoms with Gasteiger partial charge in [0.2, 0.25) is 0 Å². The molecular weight excluding hydrogens is 490 g/mol. The predicted octanol–water partition coefficient (Wildman–Crippen LogP) is 6.16. The molecule has 198 valence electrons. The number of carboxylic acid groups (broad SMARTS) is 1. The van der Waals surface area contributed by atoms with Gasteiger partial charge in [-0.2, -0.15) is 0 Å². The summed E-state index contributed by atoms with van der Waals surface area (Å²) in [6.07, 6.45) is 6.06. The number of aryl methyl sites for hydroxylation is 1. The van der Waals surface area contributed by atoms with E-state index in [1.165, 1.54) is 5.56 Å². The molecule has 5 aromatic rings. The first kappa shape index (κ1) is 26.3. The SMILES string of the molecule is CC(C)(C)O.Cc1cc2nc(-c3ccncc3)ccc2c(-c2ccc3c4c(ccnc24)CCO3)c1CC(=O)O. The molecule has 1 aliphatic heterocycles. The van der Waals surface area contributed by atoms with E-state index in [0.29, 0.717) is 6.61 Å². The third kappa shape index (κ3) is 5.59. The number of hydrogen-bond acceptors (Lipinski definition) is 6. The first-order valence-electron chi connectivity index (χ1n) is 12.9. The van der Waals surface area contributed by atoms with Crippen molar-refractivity contribution in [2.75, 3.05) is 6.61 Å². The number of nitrogens with zero attached hydrogens (tertiary/aromatic N) is 3. The van der Waals surface area contributed by atoms with Crippen LogP contribution in [0.15, 0.2) is 67.1 Å². The maximum atomic E-state index is 11.8. The van der Waals surface area contributed by atoms with Crippen LogP contribution in [0.2, 0.25) is 0 Å². The average molecular weight is 522 g/mol.